The van der Waals surface area contributed by atoms with Gasteiger partial charge in [0.1, 0.15) is 5.75 Å². The minimum atomic E-state index is 0.709. The van der Waals surface area contributed by atoms with Gasteiger partial charge in [0, 0.05) is 18.8 Å². The van der Waals surface area contributed by atoms with Crippen LogP contribution in [-0.2, 0) is 6.54 Å². The topological polar surface area (TPSA) is 38.5 Å². The van der Waals surface area contributed by atoms with E-state index in [0.29, 0.717) is 6.54 Å². The highest BCUT2D eigenvalue weighted by Crippen LogP contribution is 2.21. The van der Waals surface area contributed by atoms with Crippen molar-refractivity contribution in [2.24, 2.45) is 5.73 Å². The van der Waals surface area contributed by atoms with E-state index in [1.807, 2.05) is 12.1 Å². The quantitative estimate of drug-likeness (QED) is 0.847. The Balaban J connectivity index is 2.16. The minimum absolute atomic E-state index is 0.709. The van der Waals surface area contributed by atoms with Gasteiger partial charge < -0.3 is 15.4 Å². The van der Waals surface area contributed by atoms with E-state index in [-0.39, 0.29) is 0 Å². The summed E-state index contributed by atoms with van der Waals surface area (Å²) in [6.45, 7) is 4.69. The van der Waals surface area contributed by atoms with Crippen molar-refractivity contribution < 1.29 is 4.74 Å². The van der Waals surface area contributed by atoms with Crippen LogP contribution in [-0.4, -0.2) is 20.2 Å². The fourth-order valence-corrected chi connectivity index (χ4v) is 2.41. The summed E-state index contributed by atoms with van der Waals surface area (Å²) in [6.07, 6.45) is 0.984. The van der Waals surface area contributed by atoms with E-state index in [4.69, 9.17) is 10.5 Å². The van der Waals surface area contributed by atoms with Gasteiger partial charge in [-0.1, -0.05) is 29.8 Å². The molecule has 21 heavy (non-hydrogen) atoms. The third-order valence-electron chi connectivity index (χ3n) is 3.53. The van der Waals surface area contributed by atoms with Crippen LogP contribution >= 0.6 is 0 Å². The van der Waals surface area contributed by atoms with Crippen molar-refractivity contribution in [3.8, 4) is 5.75 Å². The number of ether oxygens (including phenoxy) is 1. The molecule has 2 N–H and O–H groups in total. The molecule has 0 radical (unpaired) electrons. The lowest BCUT2D eigenvalue weighted by Gasteiger charge is -2.25. The maximum Gasteiger partial charge on any atom is 0.119 e. The largest absolute Gasteiger partial charge is 0.497 e. The molecule has 0 fully saturated rings. The van der Waals surface area contributed by atoms with E-state index in [9.17, 15) is 0 Å². The molecule has 0 aliphatic heterocycles. The molecule has 0 atom stereocenters. The molecule has 0 amide bonds. The standard InChI is InChI=1S/C18H24N2O/c1-15-5-3-6-16(13-15)14-20(12-4-11-19)17-7-9-18(21-2)10-8-17/h3,5-10,13H,4,11-12,14,19H2,1-2H3. The lowest BCUT2D eigenvalue weighted by Crippen LogP contribution is -2.25. The second-order valence-corrected chi connectivity index (χ2v) is 5.25. The fraction of sp³-hybridized carbons (Fsp3) is 0.333. The number of methoxy groups -OCH3 is 1. The molecule has 0 saturated heterocycles. The first-order valence-electron chi connectivity index (χ1n) is 7.37. The average Bonchev–Trinajstić information content (AvgIpc) is 2.51. The van der Waals surface area contributed by atoms with Gasteiger partial charge in [-0.15, -0.1) is 0 Å². The summed E-state index contributed by atoms with van der Waals surface area (Å²) in [7, 11) is 1.69. The van der Waals surface area contributed by atoms with Crippen molar-refractivity contribution in [2.45, 2.75) is 19.9 Å². The Morgan fingerprint density at radius 1 is 1.10 bits per heavy atom. The van der Waals surface area contributed by atoms with E-state index < -0.39 is 0 Å². The Bertz CT molecular complexity index is 551. The lowest BCUT2D eigenvalue weighted by atomic mass is 10.1. The normalized spacial score (nSPS) is 10.4. The zero-order chi connectivity index (χ0) is 15.1. The van der Waals surface area contributed by atoms with Crippen LogP contribution in [0.15, 0.2) is 48.5 Å². The second-order valence-electron chi connectivity index (χ2n) is 5.25. The monoisotopic (exact) mass is 284 g/mol. The predicted octanol–water partition coefficient (Wildman–Crippen LogP) is 3.36. The highest BCUT2D eigenvalue weighted by Gasteiger charge is 2.07. The molecular formula is C18H24N2O. The van der Waals surface area contributed by atoms with Crippen LogP contribution in [0, 0.1) is 6.92 Å². The van der Waals surface area contributed by atoms with Crippen LogP contribution in [0.1, 0.15) is 17.5 Å². The van der Waals surface area contributed by atoms with Crippen LogP contribution in [0.25, 0.3) is 0 Å². The van der Waals surface area contributed by atoms with Gasteiger partial charge in [0.05, 0.1) is 7.11 Å². The number of rotatable bonds is 7. The number of benzene rings is 2. The average molecular weight is 284 g/mol. The van der Waals surface area contributed by atoms with Gasteiger partial charge in [0.2, 0.25) is 0 Å². The van der Waals surface area contributed by atoms with Crippen molar-refractivity contribution in [3.05, 3.63) is 59.7 Å². The second kappa shape index (κ2) is 7.70. The summed E-state index contributed by atoms with van der Waals surface area (Å²) >= 11 is 0. The molecule has 0 aromatic heterocycles. The maximum atomic E-state index is 5.67. The summed E-state index contributed by atoms with van der Waals surface area (Å²) in [5.74, 6) is 0.882. The molecule has 2 rings (SSSR count). The Hall–Kier alpha value is -2.00. The summed E-state index contributed by atoms with van der Waals surface area (Å²) in [6, 6.07) is 16.9. The predicted molar refractivity (Wildman–Crippen MR) is 88.9 cm³/mol. The van der Waals surface area contributed by atoms with E-state index in [0.717, 1.165) is 25.3 Å². The molecule has 0 spiro atoms. The van der Waals surface area contributed by atoms with Crippen molar-refractivity contribution >= 4 is 5.69 Å². The van der Waals surface area contributed by atoms with Crippen LogP contribution in [0.2, 0.25) is 0 Å². The van der Waals surface area contributed by atoms with E-state index in [2.05, 4.69) is 48.2 Å². The van der Waals surface area contributed by atoms with Crippen LogP contribution in [0.5, 0.6) is 5.75 Å². The first-order valence-corrected chi connectivity index (χ1v) is 7.37. The fourth-order valence-electron chi connectivity index (χ4n) is 2.41. The number of hydrogen-bond donors (Lipinski definition) is 1. The van der Waals surface area contributed by atoms with E-state index >= 15 is 0 Å². The van der Waals surface area contributed by atoms with Crippen molar-refractivity contribution in [2.75, 3.05) is 25.1 Å². The van der Waals surface area contributed by atoms with Gasteiger partial charge in [0.25, 0.3) is 0 Å². The number of hydrogen-bond acceptors (Lipinski definition) is 3. The number of anilines is 1. The Labute approximate surface area is 127 Å². The van der Waals surface area contributed by atoms with Crippen molar-refractivity contribution in [1.29, 1.82) is 0 Å². The third-order valence-corrected chi connectivity index (χ3v) is 3.53. The molecule has 3 heteroatoms. The van der Waals surface area contributed by atoms with Gasteiger partial charge in [-0.2, -0.15) is 0 Å². The van der Waals surface area contributed by atoms with Gasteiger partial charge in [-0.05, 0) is 49.7 Å². The molecule has 112 valence electrons. The maximum absolute atomic E-state index is 5.67. The highest BCUT2D eigenvalue weighted by molar-refractivity contribution is 5.49. The van der Waals surface area contributed by atoms with Crippen LogP contribution < -0.4 is 15.4 Å². The first-order chi connectivity index (χ1) is 10.2. The molecule has 2 aromatic rings. The van der Waals surface area contributed by atoms with Crippen molar-refractivity contribution in [1.82, 2.24) is 0 Å². The summed E-state index contributed by atoms with van der Waals surface area (Å²) < 4.78 is 5.23. The van der Waals surface area contributed by atoms with Gasteiger partial charge >= 0.3 is 0 Å². The van der Waals surface area contributed by atoms with Crippen molar-refractivity contribution in [3.63, 3.8) is 0 Å². The summed E-state index contributed by atoms with van der Waals surface area (Å²) in [5.41, 5.74) is 9.49. The molecule has 0 heterocycles. The zero-order valence-corrected chi connectivity index (χ0v) is 12.9. The van der Waals surface area contributed by atoms with E-state index in [1.54, 1.807) is 7.11 Å². The molecule has 0 saturated carbocycles. The number of nitrogens with zero attached hydrogens (tertiary/aromatic N) is 1. The lowest BCUT2D eigenvalue weighted by molar-refractivity contribution is 0.415. The van der Waals surface area contributed by atoms with Crippen LogP contribution in [0.4, 0.5) is 5.69 Å². The molecule has 0 unspecified atom stereocenters. The van der Waals surface area contributed by atoms with Crippen LogP contribution in [0.3, 0.4) is 0 Å². The highest BCUT2D eigenvalue weighted by atomic mass is 16.5. The smallest absolute Gasteiger partial charge is 0.119 e. The Kier molecular flexibility index (Phi) is 5.64. The summed E-state index contributed by atoms with van der Waals surface area (Å²) in [5, 5.41) is 0. The first kappa shape index (κ1) is 15.4. The molecule has 0 aliphatic carbocycles. The van der Waals surface area contributed by atoms with Gasteiger partial charge in [-0.3, -0.25) is 0 Å². The molecule has 3 nitrogen and oxygen atoms in total. The molecule has 0 bridgehead atoms. The Morgan fingerprint density at radius 2 is 1.86 bits per heavy atom. The minimum Gasteiger partial charge on any atom is -0.497 e. The molecular weight excluding hydrogens is 260 g/mol. The SMILES string of the molecule is COc1ccc(N(CCCN)Cc2cccc(C)c2)cc1. The third kappa shape index (κ3) is 4.50. The molecule has 0 aliphatic rings. The van der Waals surface area contributed by atoms with Gasteiger partial charge in [0.15, 0.2) is 0 Å². The van der Waals surface area contributed by atoms with Gasteiger partial charge in [-0.25, -0.2) is 0 Å². The van der Waals surface area contributed by atoms with E-state index in [1.165, 1.54) is 16.8 Å². The number of nitrogens with two attached hydrogens (primary N) is 1. The Morgan fingerprint density at radius 3 is 2.48 bits per heavy atom. The zero-order valence-electron chi connectivity index (χ0n) is 12.9. The number of aryl methyl sites for hydroxylation is 1. The summed E-state index contributed by atoms with van der Waals surface area (Å²) in [4.78, 5) is 2.36. The molecule has 2 aromatic carbocycles.